The van der Waals surface area contributed by atoms with Crippen LogP contribution in [0.25, 0.3) is 0 Å². The fourth-order valence-corrected chi connectivity index (χ4v) is 6.33. The summed E-state index contributed by atoms with van der Waals surface area (Å²) in [6.07, 6.45) is 5.51. The Morgan fingerprint density at radius 1 is 1.37 bits per heavy atom. The van der Waals surface area contributed by atoms with Gasteiger partial charge in [-0.25, -0.2) is 8.42 Å². The second-order valence-electron chi connectivity index (χ2n) is 7.38. The third kappa shape index (κ3) is 4.82. The lowest BCUT2D eigenvalue weighted by Gasteiger charge is -2.38. The number of nitrogens with zero attached hydrogens (tertiary/aromatic N) is 4. The summed E-state index contributed by atoms with van der Waals surface area (Å²) in [5.41, 5.74) is -0.705. The van der Waals surface area contributed by atoms with Crippen LogP contribution in [0.15, 0.2) is 9.64 Å². The van der Waals surface area contributed by atoms with Crippen LogP contribution in [-0.2, 0) is 21.1 Å². The molecule has 1 aromatic rings. The van der Waals surface area contributed by atoms with Gasteiger partial charge in [-0.1, -0.05) is 31.0 Å². The molecule has 0 spiro atoms. The van der Waals surface area contributed by atoms with Gasteiger partial charge in [0.2, 0.25) is 11.8 Å². The van der Waals surface area contributed by atoms with E-state index in [1.54, 1.807) is 11.9 Å². The Bertz CT molecular complexity index is 824. The SMILES string of the molecule is CN(C(=O)CSc1nnc(CC2CCS(=O)(=O)C2)o1)C1(C#N)CCCCC1. The highest BCUT2D eigenvalue weighted by molar-refractivity contribution is 7.99. The third-order valence-electron chi connectivity index (χ3n) is 5.46. The molecule has 1 aliphatic heterocycles. The van der Waals surface area contributed by atoms with Gasteiger partial charge in [-0.2, -0.15) is 5.26 Å². The van der Waals surface area contributed by atoms with Gasteiger partial charge in [0.25, 0.3) is 5.22 Å². The van der Waals surface area contributed by atoms with Crippen molar-refractivity contribution in [2.45, 2.75) is 55.7 Å². The van der Waals surface area contributed by atoms with Crippen LogP contribution in [0.1, 0.15) is 44.4 Å². The monoisotopic (exact) mass is 412 g/mol. The molecule has 3 rings (SSSR count). The number of carbonyl (C=O) groups is 1. The minimum absolute atomic E-state index is 0.0165. The van der Waals surface area contributed by atoms with Gasteiger partial charge in [0.15, 0.2) is 9.84 Å². The Morgan fingerprint density at radius 3 is 2.74 bits per heavy atom. The minimum atomic E-state index is -2.93. The van der Waals surface area contributed by atoms with E-state index < -0.39 is 15.4 Å². The average Bonchev–Trinajstić information content (AvgIpc) is 3.25. The van der Waals surface area contributed by atoms with Crippen LogP contribution in [0.4, 0.5) is 0 Å². The van der Waals surface area contributed by atoms with Crippen molar-refractivity contribution < 1.29 is 17.6 Å². The summed E-state index contributed by atoms with van der Waals surface area (Å²) in [6, 6.07) is 2.34. The van der Waals surface area contributed by atoms with Crippen molar-refractivity contribution in [3.05, 3.63) is 5.89 Å². The molecular weight excluding hydrogens is 388 g/mol. The van der Waals surface area contributed by atoms with Crippen LogP contribution < -0.4 is 0 Å². The van der Waals surface area contributed by atoms with Crippen LogP contribution in [0.3, 0.4) is 0 Å². The smallest absolute Gasteiger partial charge is 0.277 e. The Hall–Kier alpha value is -1.60. The summed E-state index contributed by atoms with van der Waals surface area (Å²) in [5.74, 6) is 0.792. The van der Waals surface area contributed by atoms with Gasteiger partial charge in [-0.15, -0.1) is 10.2 Å². The van der Waals surface area contributed by atoms with E-state index in [-0.39, 0.29) is 29.1 Å². The summed E-state index contributed by atoms with van der Waals surface area (Å²) >= 11 is 1.15. The van der Waals surface area contributed by atoms with Crippen LogP contribution in [0, 0.1) is 17.2 Å². The molecule has 1 saturated carbocycles. The van der Waals surface area contributed by atoms with Crippen molar-refractivity contribution in [3.8, 4) is 6.07 Å². The first-order valence-electron chi connectivity index (χ1n) is 9.17. The van der Waals surface area contributed by atoms with E-state index in [0.717, 1.165) is 31.0 Å². The molecule has 2 fully saturated rings. The molecule has 27 heavy (non-hydrogen) atoms. The average molecular weight is 413 g/mol. The van der Waals surface area contributed by atoms with Gasteiger partial charge in [0.1, 0.15) is 5.54 Å². The number of amides is 1. The topological polar surface area (TPSA) is 117 Å². The molecule has 1 saturated heterocycles. The highest BCUT2D eigenvalue weighted by Gasteiger charge is 2.38. The Labute approximate surface area is 163 Å². The van der Waals surface area contributed by atoms with Gasteiger partial charge in [0.05, 0.1) is 23.3 Å². The lowest BCUT2D eigenvalue weighted by molar-refractivity contribution is -0.131. The molecule has 0 bridgehead atoms. The number of nitriles is 1. The van der Waals surface area contributed by atoms with E-state index in [1.165, 1.54) is 0 Å². The molecule has 1 amide bonds. The fourth-order valence-electron chi connectivity index (χ4n) is 3.78. The Kier molecular flexibility index (Phi) is 6.11. The number of hydrogen-bond donors (Lipinski definition) is 0. The first-order valence-corrected chi connectivity index (χ1v) is 12.0. The molecule has 1 atom stereocenters. The second kappa shape index (κ2) is 8.19. The number of aromatic nitrogens is 2. The molecule has 0 aromatic carbocycles. The van der Waals surface area contributed by atoms with Gasteiger partial charge in [-0.05, 0) is 25.2 Å². The molecule has 1 aromatic heterocycles. The molecule has 0 radical (unpaired) electrons. The van der Waals surface area contributed by atoms with E-state index in [1.807, 2.05) is 0 Å². The van der Waals surface area contributed by atoms with Gasteiger partial charge in [-0.3, -0.25) is 4.79 Å². The molecule has 2 aliphatic rings. The van der Waals surface area contributed by atoms with Crippen LogP contribution in [-0.4, -0.2) is 59.3 Å². The van der Waals surface area contributed by atoms with E-state index in [4.69, 9.17) is 4.42 Å². The predicted molar refractivity (Wildman–Crippen MR) is 99.7 cm³/mol. The largest absolute Gasteiger partial charge is 0.416 e. The van der Waals surface area contributed by atoms with Crippen molar-refractivity contribution in [2.75, 3.05) is 24.3 Å². The zero-order valence-corrected chi connectivity index (χ0v) is 17.0. The van der Waals surface area contributed by atoms with E-state index in [9.17, 15) is 18.5 Å². The predicted octanol–water partition coefficient (Wildman–Crippen LogP) is 1.82. The van der Waals surface area contributed by atoms with Crippen LogP contribution in [0.5, 0.6) is 0 Å². The minimum Gasteiger partial charge on any atom is -0.416 e. The maximum absolute atomic E-state index is 12.5. The quantitative estimate of drug-likeness (QED) is 0.650. The Balaban J connectivity index is 1.52. The van der Waals surface area contributed by atoms with Crippen molar-refractivity contribution >= 4 is 27.5 Å². The van der Waals surface area contributed by atoms with E-state index in [2.05, 4.69) is 16.3 Å². The van der Waals surface area contributed by atoms with Crippen molar-refractivity contribution in [3.63, 3.8) is 0 Å². The van der Waals surface area contributed by atoms with Crippen molar-refractivity contribution in [2.24, 2.45) is 5.92 Å². The van der Waals surface area contributed by atoms with Crippen molar-refractivity contribution in [1.29, 1.82) is 5.26 Å². The summed E-state index contributed by atoms with van der Waals surface area (Å²) in [7, 11) is -1.24. The normalized spacial score (nSPS) is 23.6. The van der Waals surface area contributed by atoms with Gasteiger partial charge < -0.3 is 9.32 Å². The maximum atomic E-state index is 12.5. The first kappa shape index (κ1) is 20.1. The lowest BCUT2D eigenvalue weighted by Crippen LogP contribution is -2.50. The van der Waals surface area contributed by atoms with Gasteiger partial charge in [0, 0.05) is 13.5 Å². The molecule has 0 N–H and O–H groups in total. The molecule has 2 heterocycles. The third-order valence-corrected chi connectivity index (χ3v) is 8.10. The van der Waals surface area contributed by atoms with Crippen LogP contribution in [0.2, 0.25) is 0 Å². The number of thioether (sulfide) groups is 1. The zero-order valence-electron chi connectivity index (χ0n) is 15.4. The number of carbonyl (C=O) groups excluding carboxylic acids is 1. The molecular formula is C17H24N4O4S2. The number of hydrogen-bond acceptors (Lipinski definition) is 8. The second-order valence-corrected chi connectivity index (χ2v) is 10.5. The summed E-state index contributed by atoms with van der Waals surface area (Å²) in [6.45, 7) is 0. The summed E-state index contributed by atoms with van der Waals surface area (Å²) in [5, 5.41) is 17.8. The summed E-state index contributed by atoms with van der Waals surface area (Å²) < 4.78 is 28.6. The number of rotatable bonds is 6. The number of sulfone groups is 1. The maximum Gasteiger partial charge on any atom is 0.277 e. The molecule has 1 unspecified atom stereocenters. The van der Waals surface area contributed by atoms with Gasteiger partial charge >= 0.3 is 0 Å². The fraction of sp³-hybridized carbons (Fsp3) is 0.765. The zero-order chi connectivity index (χ0) is 19.5. The molecule has 10 heteroatoms. The molecule has 148 valence electrons. The van der Waals surface area contributed by atoms with Crippen LogP contribution >= 0.6 is 11.8 Å². The summed E-state index contributed by atoms with van der Waals surface area (Å²) in [4.78, 5) is 14.1. The highest BCUT2D eigenvalue weighted by atomic mass is 32.2. The molecule has 1 aliphatic carbocycles. The first-order chi connectivity index (χ1) is 12.8. The van der Waals surface area contributed by atoms with E-state index >= 15 is 0 Å². The molecule has 8 nitrogen and oxygen atoms in total. The highest BCUT2D eigenvalue weighted by Crippen LogP contribution is 2.33. The lowest BCUT2D eigenvalue weighted by atomic mass is 9.81. The van der Waals surface area contributed by atoms with E-state index in [0.29, 0.717) is 36.8 Å². The Morgan fingerprint density at radius 2 is 2.11 bits per heavy atom. The van der Waals surface area contributed by atoms with Crippen molar-refractivity contribution in [1.82, 2.24) is 15.1 Å². The standard InChI is InChI=1S/C17H24N4O4S2/c1-21(17(12-18)6-3-2-4-7-17)15(22)10-26-16-20-19-14(25-16)9-13-5-8-27(23,24)11-13/h13H,2-11H2,1H3.